The van der Waals surface area contributed by atoms with E-state index in [2.05, 4.69) is 9.44 Å². The van der Waals surface area contributed by atoms with Crippen LogP contribution in [0, 0.1) is 0 Å². The molecule has 0 aliphatic heterocycles. The normalized spacial score (nSPS) is 15.2. The Balaban J connectivity index is 1.61. The van der Waals surface area contributed by atoms with Crippen molar-refractivity contribution in [1.29, 1.82) is 0 Å². The number of sulfonamides is 2. The Bertz CT molecular complexity index is 1090. The van der Waals surface area contributed by atoms with E-state index in [1.807, 2.05) is 6.07 Å². The number of hydrogen-bond acceptors (Lipinski definition) is 6. The fraction of sp³-hybridized carbons (Fsp3) is 0.429. The van der Waals surface area contributed by atoms with Gasteiger partial charge in [-0.15, -0.1) is 0 Å². The molecule has 0 heterocycles. The zero-order valence-electron chi connectivity index (χ0n) is 17.6. The summed E-state index contributed by atoms with van der Waals surface area (Å²) in [5.41, 5.74) is 0.889. The third kappa shape index (κ3) is 5.97. The molecule has 170 valence electrons. The average molecular weight is 469 g/mol. The van der Waals surface area contributed by atoms with Gasteiger partial charge in [0.2, 0.25) is 20.0 Å². The van der Waals surface area contributed by atoms with Crippen molar-refractivity contribution in [3.8, 4) is 11.5 Å². The van der Waals surface area contributed by atoms with Gasteiger partial charge in [0.15, 0.2) is 11.5 Å². The van der Waals surface area contributed by atoms with Crippen molar-refractivity contribution in [3.05, 3.63) is 48.0 Å². The van der Waals surface area contributed by atoms with E-state index in [4.69, 9.17) is 9.47 Å². The van der Waals surface area contributed by atoms with Crippen molar-refractivity contribution in [1.82, 2.24) is 9.44 Å². The summed E-state index contributed by atoms with van der Waals surface area (Å²) in [5, 5.41) is 0. The van der Waals surface area contributed by atoms with Crippen LogP contribution < -0.4 is 18.9 Å². The molecule has 2 aromatic carbocycles. The summed E-state index contributed by atoms with van der Waals surface area (Å²) in [4.78, 5) is 0.0725. The molecule has 0 aromatic heterocycles. The Hall–Kier alpha value is -2.14. The molecule has 0 saturated heterocycles. The van der Waals surface area contributed by atoms with Gasteiger partial charge in [-0.3, -0.25) is 0 Å². The van der Waals surface area contributed by atoms with Crippen molar-refractivity contribution in [2.45, 2.75) is 47.9 Å². The molecule has 10 heteroatoms. The smallest absolute Gasteiger partial charge is 0.240 e. The van der Waals surface area contributed by atoms with E-state index in [0.717, 1.165) is 31.2 Å². The first-order valence-electron chi connectivity index (χ1n) is 10.1. The van der Waals surface area contributed by atoms with E-state index < -0.39 is 20.0 Å². The Labute approximate surface area is 184 Å². The number of methoxy groups -OCH3 is 2. The lowest BCUT2D eigenvalue weighted by Crippen LogP contribution is -2.32. The lowest BCUT2D eigenvalue weighted by molar-refractivity contribution is 0.354. The summed E-state index contributed by atoms with van der Waals surface area (Å²) in [5.74, 6) is 1.18. The zero-order chi connectivity index (χ0) is 22.5. The van der Waals surface area contributed by atoms with E-state index in [1.165, 1.54) is 31.4 Å². The number of ether oxygens (including phenoxy) is 2. The molecule has 0 radical (unpaired) electrons. The van der Waals surface area contributed by atoms with Crippen LogP contribution in [-0.2, 0) is 26.5 Å². The van der Waals surface area contributed by atoms with Gasteiger partial charge in [-0.2, -0.15) is 0 Å². The van der Waals surface area contributed by atoms with Crippen molar-refractivity contribution in [2.75, 3.05) is 20.8 Å². The van der Waals surface area contributed by atoms with Gasteiger partial charge in [0.05, 0.1) is 24.0 Å². The number of benzene rings is 2. The standard InChI is InChI=1S/C21H28N2O6S2/c1-28-20-12-7-16(15-21(20)29-2)13-14-22-30(24,25)18-8-10-19(11-9-18)31(26,27)23-17-5-3-4-6-17/h7-12,15,17,22-23H,3-6,13-14H2,1-2H3. The van der Waals surface area contributed by atoms with E-state index in [1.54, 1.807) is 19.2 Å². The second-order valence-electron chi connectivity index (χ2n) is 7.41. The van der Waals surface area contributed by atoms with E-state index >= 15 is 0 Å². The van der Waals surface area contributed by atoms with Crippen LogP contribution in [0.15, 0.2) is 52.3 Å². The van der Waals surface area contributed by atoms with Gasteiger partial charge in [-0.1, -0.05) is 18.9 Å². The molecule has 2 N–H and O–H groups in total. The first kappa shape index (κ1) is 23.5. The van der Waals surface area contributed by atoms with Gasteiger partial charge in [0, 0.05) is 12.6 Å². The first-order valence-corrected chi connectivity index (χ1v) is 13.0. The summed E-state index contributed by atoms with van der Waals surface area (Å²) >= 11 is 0. The number of rotatable bonds is 10. The summed E-state index contributed by atoms with van der Waals surface area (Å²) in [6.45, 7) is 0.182. The highest BCUT2D eigenvalue weighted by atomic mass is 32.2. The topological polar surface area (TPSA) is 111 Å². The molecule has 2 aromatic rings. The van der Waals surface area contributed by atoms with E-state index in [-0.39, 0.29) is 22.4 Å². The molecule has 8 nitrogen and oxygen atoms in total. The summed E-state index contributed by atoms with van der Waals surface area (Å²) in [6, 6.07) is 10.6. The highest BCUT2D eigenvalue weighted by Gasteiger charge is 2.23. The molecule has 1 aliphatic rings. The third-order valence-corrected chi connectivity index (χ3v) is 8.29. The maximum absolute atomic E-state index is 12.6. The Morgan fingerprint density at radius 1 is 0.839 bits per heavy atom. The number of hydrogen-bond donors (Lipinski definition) is 2. The monoisotopic (exact) mass is 468 g/mol. The highest BCUT2D eigenvalue weighted by molar-refractivity contribution is 7.90. The molecule has 0 bridgehead atoms. The zero-order valence-corrected chi connectivity index (χ0v) is 19.3. The summed E-state index contributed by atoms with van der Waals surface area (Å²) in [7, 11) is -4.34. The van der Waals surface area contributed by atoms with Crippen LogP contribution in [0.5, 0.6) is 11.5 Å². The van der Waals surface area contributed by atoms with Crippen LogP contribution in [-0.4, -0.2) is 43.6 Å². The van der Waals surface area contributed by atoms with Gasteiger partial charge < -0.3 is 9.47 Å². The Morgan fingerprint density at radius 2 is 1.42 bits per heavy atom. The van der Waals surface area contributed by atoms with Gasteiger partial charge in [-0.25, -0.2) is 26.3 Å². The van der Waals surface area contributed by atoms with Crippen LogP contribution in [0.2, 0.25) is 0 Å². The molecule has 0 atom stereocenters. The molecule has 1 saturated carbocycles. The minimum absolute atomic E-state index is 0.0135. The summed E-state index contributed by atoms with van der Waals surface area (Å²) < 4.78 is 65.8. The van der Waals surface area contributed by atoms with Crippen LogP contribution in [0.1, 0.15) is 31.2 Å². The highest BCUT2D eigenvalue weighted by Crippen LogP contribution is 2.27. The SMILES string of the molecule is COc1ccc(CCNS(=O)(=O)c2ccc(S(=O)(=O)NC3CCCC3)cc2)cc1OC. The molecule has 3 rings (SSSR count). The van der Waals surface area contributed by atoms with Crippen LogP contribution in [0.25, 0.3) is 0 Å². The number of nitrogens with one attached hydrogen (secondary N) is 2. The van der Waals surface area contributed by atoms with Crippen LogP contribution in [0.3, 0.4) is 0 Å². The van der Waals surface area contributed by atoms with Crippen molar-refractivity contribution in [3.63, 3.8) is 0 Å². The molecule has 0 unspecified atom stereocenters. The second-order valence-corrected chi connectivity index (χ2v) is 10.9. The van der Waals surface area contributed by atoms with Gasteiger partial charge in [-0.05, 0) is 61.2 Å². The van der Waals surface area contributed by atoms with Crippen LogP contribution >= 0.6 is 0 Å². The van der Waals surface area contributed by atoms with Crippen LogP contribution in [0.4, 0.5) is 0 Å². The minimum Gasteiger partial charge on any atom is -0.493 e. The van der Waals surface area contributed by atoms with Crippen molar-refractivity contribution < 1.29 is 26.3 Å². The van der Waals surface area contributed by atoms with E-state index in [0.29, 0.717) is 17.9 Å². The first-order chi connectivity index (χ1) is 14.7. The molecule has 0 amide bonds. The summed E-state index contributed by atoms with van der Waals surface area (Å²) in [6.07, 6.45) is 4.14. The van der Waals surface area contributed by atoms with Gasteiger partial charge >= 0.3 is 0 Å². The minimum atomic E-state index is -3.76. The lowest BCUT2D eigenvalue weighted by Gasteiger charge is -2.13. The van der Waals surface area contributed by atoms with Gasteiger partial charge in [0.1, 0.15) is 0 Å². The third-order valence-electron chi connectivity index (χ3n) is 5.28. The molecule has 0 spiro atoms. The molecule has 1 aliphatic carbocycles. The molecule has 31 heavy (non-hydrogen) atoms. The molecular weight excluding hydrogens is 440 g/mol. The fourth-order valence-corrected chi connectivity index (χ4v) is 5.92. The Kier molecular flexibility index (Phi) is 7.58. The lowest BCUT2D eigenvalue weighted by atomic mass is 10.1. The maximum Gasteiger partial charge on any atom is 0.240 e. The molecule has 1 fully saturated rings. The van der Waals surface area contributed by atoms with E-state index in [9.17, 15) is 16.8 Å². The second kappa shape index (κ2) is 9.99. The predicted molar refractivity (Wildman–Crippen MR) is 117 cm³/mol. The quantitative estimate of drug-likeness (QED) is 0.554. The maximum atomic E-state index is 12.6. The Morgan fingerprint density at radius 3 is 2.00 bits per heavy atom. The van der Waals surface area contributed by atoms with Crippen molar-refractivity contribution >= 4 is 20.0 Å². The predicted octanol–water partition coefficient (Wildman–Crippen LogP) is 2.45. The molecular formula is C21H28N2O6S2. The largest absolute Gasteiger partial charge is 0.493 e. The fourth-order valence-electron chi connectivity index (χ4n) is 3.58. The average Bonchev–Trinajstić information content (AvgIpc) is 3.26. The van der Waals surface area contributed by atoms with Crippen molar-refractivity contribution in [2.24, 2.45) is 0 Å². The van der Waals surface area contributed by atoms with Gasteiger partial charge in [0.25, 0.3) is 0 Å².